The highest BCUT2D eigenvalue weighted by molar-refractivity contribution is 9.10. The van der Waals surface area contributed by atoms with Crippen molar-refractivity contribution in [1.29, 1.82) is 0 Å². The zero-order valence-corrected chi connectivity index (χ0v) is 16.0. The van der Waals surface area contributed by atoms with Crippen LogP contribution < -0.4 is 19.5 Å². The van der Waals surface area contributed by atoms with Crippen molar-refractivity contribution in [3.05, 3.63) is 52.5 Å². The molecule has 2 aromatic carbocycles. The summed E-state index contributed by atoms with van der Waals surface area (Å²) in [5.74, 6) is -1.74. The molecule has 28 heavy (non-hydrogen) atoms. The molecule has 9 nitrogen and oxygen atoms in total. The lowest BCUT2D eigenvalue weighted by Crippen LogP contribution is -2.28. The standard InChI is InChI=1S/C16H14BrNO4.C2H2O4/c17-12-2-4-13(5-3-12)20-9-16(19)18-8-11-1-6-14-15(7-11)22-10-21-14;3-1(4)2(5)6/h1-7H,8-10H2,(H,18,19);(H,3,4)(H,5,6). The van der Waals surface area contributed by atoms with Crippen LogP contribution in [0.2, 0.25) is 0 Å². The number of carbonyl (C=O) groups is 3. The fourth-order valence-corrected chi connectivity index (χ4v) is 2.25. The van der Waals surface area contributed by atoms with E-state index in [1.54, 1.807) is 12.1 Å². The zero-order valence-electron chi connectivity index (χ0n) is 14.4. The predicted molar refractivity (Wildman–Crippen MR) is 99.3 cm³/mol. The molecule has 0 unspecified atom stereocenters. The Hall–Kier alpha value is -3.27. The van der Waals surface area contributed by atoms with Crippen molar-refractivity contribution < 1.29 is 38.8 Å². The Bertz CT molecular complexity index is 841. The van der Waals surface area contributed by atoms with E-state index < -0.39 is 11.9 Å². The van der Waals surface area contributed by atoms with Gasteiger partial charge in [0.05, 0.1) is 0 Å². The fraction of sp³-hybridized carbons (Fsp3) is 0.167. The number of carboxylic acid groups (broad SMARTS) is 2. The van der Waals surface area contributed by atoms with Gasteiger partial charge >= 0.3 is 11.9 Å². The van der Waals surface area contributed by atoms with Crippen molar-refractivity contribution >= 4 is 33.8 Å². The van der Waals surface area contributed by atoms with Crippen molar-refractivity contribution in [3.63, 3.8) is 0 Å². The Morgan fingerprint density at radius 2 is 1.64 bits per heavy atom. The number of benzene rings is 2. The van der Waals surface area contributed by atoms with Gasteiger partial charge in [0.2, 0.25) is 6.79 Å². The van der Waals surface area contributed by atoms with Gasteiger partial charge in [0, 0.05) is 11.0 Å². The quantitative estimate of drug-likeness (QED) is 0.585. The Morgan fingerprint density at radius 1 is 1.00 bits per heavy atom. The molecule has 0 aliphatic carbocycles. The maximum atomic E-state index is 11.8. The van der Waals surface area contributed by atoms with Crippen LogP contribution in [0.5, 0.6) is 17.2 Å². The molecule has 0 bridgehead atoms. The van der Waals surface area contributed by atoms with Crippen LogP contribution in [0.3, 0.4) is 0 Å². The van der Waals surface area contributed by atoms with Crippen LogP contribution in [0.4, 0.5) is 0 Å². The number of hydrogen-bond acceptors (Lipinski definition) is 6. The topological polar surface area (TPSA) is 131 Å². The highest BCUT2D eigenvalue weighted by Gasteiger charge is 2.13. The molecule has 3 N–H and O–H groups in total. The molecule has 148 valence electrons. The van der Waals surface area contributed by atoms with E-state index in [1.165, 1.54) is 0 Å². The molecule has 0 radical (unpaired) electrons. The molecule has 2 aromatic rings. The monoisotopic (exact) mass is 453 g/mol. The second kappa shape index (κ2) is 10.2. The molecule has 10 heteroatoms. The first-order valence-electron chi connectivity index (χ1n) is 7.85. The number of hydrogen-bond donors (Lipinski definition) is 3. The van der Waals surface area contributed by atoms with Gasteiger partial charge in [-0.1, -0.05) is 22.0 Å². The summed E-state index contributed by atoms with van der Waals surface area (Å²) < 4.78 is 16.9. The van der Waals surface area contributed by atoms with E-state index in [0.717, 1.165) is 15.8 Å². The van der Waals surface area contributed by atoms with Gasteiger partial charge < -0.3 is 29.7 Å². The maximum absolute atomic E-state index is 11.8. The normalized spacial score (nSPS) is 11.0. The Morgan fingerprint density at radius 3 is 2.29 bits per heavy atom. The van der Waals surface area contributed by atoms with E-state index in [-0.39, 0.29) is 19.3 Å². The van der Waals surface area contributed by atoms with Gasteiger partial charge in [-0.05, 0) is 42.0 Å². The van der Waals surface area contributed by atoms with E-state index in [1.807, 2.05) is 30.3 Å². The summed E-state index contributed by atoms with van der Waals surface area (Å²) >= 11 is 3.34. The van der Waals surface area contributed by atoms with Crippen LogP contribution in [-0.4, -0.2) is 41.5 Å². The molecule has 1 amide bonds. The van der Waals surface area contributed by atoms with Gasteiger partial charge in [0.1, 0.15) is 5.75 Å². The van der Waals surface area contributed by atoms with E-state index in [4.69, 9.17) is 34.0 Å². The van der Waals surface area contributed by atoms with Gasteiger partial charge in [-0.25, -0.2) is 9.59 Å². The Kier molecular flexibility index (Phi) is 7.64. The fourth-order valence-electron chi connectivity index (χ4n) is 1.98. The van der Waals surface area contributed by atoms with Crippen LogP contribution in [0, 0.1) is 0 Å². The van der Waals surface area contributed by atoms with Gasteiger partial charge in [-0.15, -0.1) is 0 Å². The Labute approximate surface area is 168 Å². The van der Waals surface area contributed by atoms with Gasteiger partial charge in [-0.2, -0.15) is 0 Å². The van der Waals surface area contributed by atoms with Crippen LogP contribution >= 0.6 is 15.9 Å². The highest BCUT2D eigenvalue weighted by atomic mass is 79.9. The molecule has 1 aliphatic rings. The van der Waals surface area contributed by atoms with Crippen LogP contribution in [0.15, 0.2) is 46.9 Å². The summed E-state index contributed by atoms with van der Waals surface area (Å²) in [4.78, 5) is 30.0. The van der Waals surface area contributed by atoms with E-state index >= 15 is 0 Å². The predicted octanol–water partition coefficient (Wildman–Crippen LogP) is 2.03. The minimum Gasteiger partial charge on any atom is -0.484 e. The summed E-state index contributed by atoms with van der Waals surface area (Å²) in [5.41, 5.74) is 0.946. The third-order valence-corrected chi connectivity index (χ3v) is 3.82. The first-order valence-corrected chi connectivity index (χ1v) is 8.64. The molecule has 1 aliphatic heterocycles. The third kappa shape index (κ3) is 6.80. The summed E-state index contributed by atoms with van der Waals surface area (Å²) in [5, 5.41) is 17.6. The number of nitrogens with one attached hydrogen (secondary N) is 1. The average molecular weight is 454 g/mol. The first kappa shape index (κ1) is 21.0. The lowest BCUT2D eigenvalue weighted by Gasteiger charge is -2.08. The summed E-state index contributed by atoms with van der Waals surface area (Å²) in [6, 6.07) is 12.9. The smallest absolute Gasteiger partial charge is 0.414 e. The molecule has 0 atom stereocenters. The number of ether oxygens (including phenoxy) is 3. The molecular formula is C18H16BrNO8. The second-order valence-corrected chi connectivity index (χ2v) is 6.23. The number of carboxylic acids is 2. The summed E-state index contributed by atoms with van der Waals surface area (Å²) in [6.07, 6.45) is 0. The lowest BCUT2D eigenvalue weighted by molar-refractivity contribution is -0.159. The zero-order chi connectivity index (χ0) is 20.5. The molecular weight excluding hydrogens is 438 g/mol. The molecule has 0 spiro atoms. The summed E-state index contributed by atoms with van der Waals surface area (Å²) in [7, 11) is 0. The molecule has 0 saturated heterocycles. The Balaban J connectivity index is 0.000000409. The average Bonchev–Trinajstić information content (AvgIpc) is 3.14. The number of fused-ring (bicyclic) bond motifs is 1. The minimum atomic E-state index is -1.82. The molecule has 0 fully saturated rings. The number of aliphatic carboxylic acids is 2. The van der Waals surface area contributed by atoms with E-state index in [9.17, 15) is 4.79 Å². The van der Waals surface area contributed by atoms with Crippen molar-refractivity contribution in [2.75, 3.05) is 13.4 Å². The van der Waals surface area contributed by atoms with Crippen molar-refractivity contribution in [2.24, 2.45) is 0 Å². The number of halogens is 1. The van der Waals surface area contributed by atoms with Gasteiger partial charge in [-0.3, -0.25) is 4.79 Å². The number of carbonyl (C=O) groups excluding carboxylic acids is 1. The minimum absolute atomic E-state index is 0.0216. The van der Waals surface area contributed by atoms with E-state index in [2.05, 4.69) is 21.2 Å². The maximum Gasteiger partial charge on any atom is 0.414 e. The van der Waals surface area contributed by atoms with Gasteiger partial charge in [0.25, 0.3) is 5.91 Å². The van der Waals surface area contributed by atoms with Crippen molar-refractivity contribution in [1.82, 2.24) is 5.32 Å². The third-order valence-electron chi connectivity index (χ3n) is 3.29. The van der Waals surface area contributed by atoms with Crippen LogP contribution in [-0.2, 0) is 20.9 Å². The van der Waals surface area contributed by atoms with Crippen molar-refractivity contribution in [3.8, 4) is 17.2 Å². The highest BCUT2D eigenvalue weighted by Crippen LogP contribution is 2.32. The molecule has 1 heterocycles. The van der Waals surface area contributed by atoms with Gasteiger partial charge in [0.15, 0.2) is 18.1 Å². The van der Waals surface area contributed by atoms with E-state index in [0.29, 0.717) is 18.0 Å². The van der Waals surface area contributed by atoms with Crippen molar-refractivity contribution in [2.45, 2.75) is 6.54 Å². The molecule has 3 rings (SSSR count). The number of amides is 1. The van der Waals surface area contributed by atoms with Crippen LogP contribution in [0.25, 0.3) is 0 Å². The van der Waals surface area contributed by atoms with Crippen LogP contribution in [0.1, 0.15) is 5.56 Å². The molecule has 0 saturated carbocycles. The lowest BCUT2D eigenvalue weighted by atomic mass is 10.2. The first-order chi connectivity index (χ1) is 13.3. The molecule has 0 aromatic heterocycles. The number of rotatable bonds is 5. The SMILES string of the molecule is O=C(COc1ccc(Br)cc1)NCc1ccc2c(c1)OCO2.O=C(O)C(=O)O. The summed E-state index contributed by atoms with van der Waals surface area (Å²) in [6.45, 7) is 0.636. The second-order valence-electron chi connectivity index (χ2n) is 5.32. The largest absolute Gasteiger partial charge is 0.484 e.